The van der Waals surface area contributed by atoms with Crippen LogP contribution in [-0.2, 0) is 0 Å². The van der Waals surface area contributed by atoms with Gasteiger partial charge in [0.05, 0.1) is 0 Å². The Morgan fingerprint density at radius 3 is 1.50 bits per heavy atom. The van der Waals surface area contributed by atoms with E-state index in [1.54, 1.807) is 11.9 Å². The monoisotopic (exact) mass is 98.0 g/mol. The van der Waals surface area contributed by atoms with Crippen LogP contribution in [0.25, 0.3) is 0 Å². The van der Waals surface area contributed by atoms with E-state index in [4.69, 9.17) is 10.5 Å². The van der Waals surface area contributed by atoms with Crippen molar-refractivity contribution in [3.8, 4) is 11.9 Å². The molecule has 0 radical (unpaired) electrons. The lowest BCUT2D eigenvalue weighted by Gasteiger charge is -1.39. The predicted molar refractivity (Wildman–Crippen MR) is 29.5 cm³/mol. The first-order chi connectivity index (χ1) is 2.41. The van der Waals surface area contributed by atoms with Crippen LogP contribution < -0.4 is 0 Å². The third-order valence-electron chi connectivity index (χ3n) is 0.158. The quantitative estimate of drug-likeness (QED) is 0.301. The van der Waals surface area contributed by atoms with E-state index < -0.39 is 0 Å². The molecule has 0 fully saturated rings. The topological polar surface area (TPSA) is 47.6 Å². The number of rotatable bonds is 0. The molecule has 2 nitrogen and oxygen atoms in total. The zero-order chi connectivity index (χ0) is 4.12. The molecule has 4 heteroatoms. The maximum atomic E-state index is 7.59. The highest BCUT2D eigenvalue weighted by Gasteiger charge is 1.70. The largest absolute Gasteiger partial charge is 0.370 e. The standard InChI is InChI=1S/C2HBN2.H3P/c4-1-3-2-5;/h3H;1H3. The lowest BCUT2D eigenvalue weighted by atomic mass is 9.85. The van der Waals surface area contributed by atoms with E-state index in [0.717, 1.165) is 0 Å². The van der Waals surface area contributed by atoms with Crippen LogP contribution in [0.3, 0.4) is 0 Å². The van der Waals surface area contributed by atoms with Gasteiger partial charge in [-0.2, -0.15) is 9.90 Å². The van der Waals surface area contributed by atoms with Crippen molar-refractivity contribution in [3.63, 3.8) is 0 Å². The highest BCUT2D eigenvalue weighted by Crippen LogP contribution is 1.38. The van der Waals surface area contributed by atoms with Crippen molar-refractivity contribution in [2.45, 2.75) is 0 Å². The van der Waals surface area contributed by atoms with Crippen molar-refractivity contribution in [1.29, 1.82) is 10.5 Å². The maximum absolute atomic E-state index is 7.59. The van der Waals surface area contributed by atoms with Crippen LogP contribution in [0.5, 0.6) is 0 Å². The molecule has 1 atom stereocenters. The Morgan fingerprint density at radius 2 is 1.50 bits per heavy atom. The Hall–Kier alpha value is -0.525. The van der Waals surface area contributed by atoms with E-state index in [0.29, 0.717) is 0 Å². The molecule has 30 valence electrons. The molecule has 0 aliphatic heterocycles. The second-order valence-corrected chi connectivity index (χ2v) is 0.493. The first-order valence-electron chi connectivity index (χ1n) is 1.15. The van der Waals surface area contributed by atoms with Crippen molar-refractivity contribution >= 4 is 17.2 Å². The fourth-order valence-electron chi connectivity index (χ4n) is 0.0354. The Morgan fingerprint density at radius 1 is 1.17 bits per heavy atom. The van der Waals surface area contributed by atoms with Crippen LogP contribution in [0.15, 0.2) is 0 Å². The normalized spacial score (nSPS) is 3.00. The SMILES string of the molecule is N#CBC#N.P. The molecule has 0 spiro atoms. The van der Waals surface area contributed by atoms with Gasteiger partial charge in [0.1, 0.15) is 0 Å². The molecule has 6 heavy (non-hydrogen) atoms. The second kappa shape index (κ2) is 8.82. The molecule has 0 aromatic carbocycles. The van der Waals surface area contributed by atoms with Gasteiger partial charge in [0.15, 0.2) is 0 Å². The van der Waals surface area contributed by atoms with Crippen LogP contribution in [-0.4, -0.2) is 7.28 Å². The summed E-state index contributed by atoms with van der Waals surface area (Å²) >= 11 is 0. The van der Waals surface area contributed by atoms with Crippen molar-refractivity contribution in [2.24, 2.45) is 0 Å². The zero-order valence-corrected chi connectivity index (χ0v) is 4.72. The van der Waals surface area contributed by atoms with Gasteiger partial charge in [0, 0.05) is 11.9 Å². The number of hydrogen-bond donors (Lipinski definition) is 0. The van der Waals surface area contributed by atoms with E-state index in [-0.39, 0.29) is 17.2 Å². The summed E-state index contributed by atoms with van der Waals surface area (Å²) in [5, 5.41) is 15.2. The molecule has 0 aromatic heterocycles. The Balaban J connectivity index is 0. The minimum atomic E-state index is 0. The minimum absolute atomic E-state index is 0. The van der Waals surface area contributed by atoms with Gasteiger partial charge < -0.3 is 0 Å². The molecular weight excluding hydrogens is 93.8 g/mol. The van der Waals surface area contributed by atoms with Gasteiger partial charge in [-0.1, -0.05) is 0 Å². The average Bonchev–Trinajstić information content (AvgIpc) is 1.41. The zero-order valence-electron chi connectivity index (χ0n) is 3.31. The molecule has 0 saturated heterocycles. The summed E-state index contributed by atoms with van der Waals surface area (Å²) in [5.41, 5.74) is 0. The number of nitrogens with zero attached hydrogens (tertiary/aromatic N) is 2. The molecule has 0 aromatic rings. The van der Waals surface area contributed by atoms with Crippen LogP contribution in [0.2, 0.25) is 0 Å². The lowest BCUT2D eigenvalue weighted by Crippen LogP contribution is -1.70. The van der Waals surface area contributed by atoms with Crippen LogP contribution in [0, 0.1) is 22.5 Å². The van der Waals surface area contributed by atoms with E-state index in [2.05, 4.69) is 0 Å². The smallest absolute Gasteiger partial charge is 0.211 e. The molecule has 0 heterocycles. The Labute approximate surface area is 40.6 Å². The van der Waals surface area contributed by atoms with Crippen molar-refractivity contribution < 1.29 is 0 Å². The summed E-state index contributed by atoms with van der Waals surface area (Å²) in [6.07, 6.45) is 0. The first kappa shape index (κ1) is 9.08. The van der Waals surface area contributed by atoms with Gasteiger partial charge in [0.25, 0.3) is 0 Å². The van der Waals surface area contributed by atoms with Crippen molar-refractivity contribution in [3.05, 3.63) is 0 Å². The van der Waals surface area contributed by atoms with Crippen LogP contribution in [0.4, 0.5) is 0 Å². The summed E-state index contributed by atoms with van der Waals surface area (Å²) < 4.78 is 0. The average molecular weight is 97.9 g/mol. The summed E-state index contributed by atoms with van der Waals surface area (Å²) in [5.74, 6) is 3.31. The second-order valence-electron chi connectivity index (χ2n) is 0.493. The molecular formula is C2H4BN2P. The van der Waals surface area contributed by atoms with E-state index >= 15 is 0 Å². The van der Waals surface area contributed by atoms with Gasteiger partial charge in [-0.15, -0.1) is 0 Å². The molecule has 0 bridgehead atoms. The van der Waals surface area contributed by atoms with E-state index in [1.807, 2.05) is 0 Å². The Kier molecular flexibility index (Phi) is 13.3. The van der Waals surface area contributed by atoms with Gasteiger partial charge in [0.2, 0.25) is 0 Å². The van der Waals surface area contributed by atoms with Crippen LogP contribution in [0.1, 0.15) is 0 Å². The summed E-state index contributed by atoms with van der Waals surface area (Å²) in [4.78, 5) is 0. The molecule has 0 rings (SSSR count). The fourth-order valence-corrected chi connectivity index (χ4v) is 0.0354. The summed E-state index contributed by atoms with van der Waals surface area (Å²) in [6, 6.07) is 0. The lowest BCUT2D eigenvalue weighted by molar-refractivity contribution is 1.55. The highest BCUT2D eigenvalue weighted by molar-refractivity contribution is 6.92. The molecule has 0 saturated carbocycles. The van der Waals surface area contributed by atoms with Gasteiger partial charge in [-0.25, -0.2) is 10.5 Å². The van der Waals surface area contributed by atoms with Crippen molar-refractivity contribution in [1.82, 2.24) is 0 Å². The van der Waals surface area contributed by atoms with Crippen molar-refractivity contribution in [2.75, 3.05) is 0 Å². The predicted octanol–water partition coefficient (Wildman–Crippen LogP) is -0.557. The Bertz CT molecular complexity index is 76.7. The molecule has 0 amide bonds. The summed E-state index contributed by atoms with van der Waals surface area (Å²) in [6.45, 7) is 0. The number of hydrogen-bond acceptors (Lipinski definition) is 2. The third-order valence-corrected chi connectivity index (χ3v) is 0.158. The summed E-state index contributed by atoms with van der Waals surface area (Å²) in [7, 11) is 0. The van der Waals surface area contributed by atoms with E-state index in [1.165, 1.54) is 0 Å². The van der Waals surface area contributed by atoms with Gasteiger partial charge >= 0.3 is 7.28 Å². The minimum Gasteiger partial charge on any atom is -0.211 e. The van der Waals surface area contributed by atoms with Crippen LogP contribution >= 0.6 is 9.90 Å². The number of nitriles is 2. The molecule has 0 aliphatic carbocycles. The van der Waals surface area contributed by atoms with E-state index in [9.17, 15) is 0 Å². The fraction of sp³-hybridized carbons (Fsp3) is 0. The first-order valence-corrected chi connectivity index (χ1v) is 1.15. The third kappa shape index (κ3) is 9.78. The van der Waals surface area contributed by atoms with Gasteiger partial charge in [-0.3, -0.25) is 0 Å². The molecule has 0 N–H and O–H groups in total. The van der Waals surface area contributed by atoms with Gasteiger partial charge in [-0.05, 0) is 0 Å². The molecule has 0 aliphatic rings. The highest BCUT2D eigenvalue weighted by atomic mass is 31.0. The molecule has 1 unspecified atom stereocenters. The maximum Gasteiger partial charge on any atom is 0.370 e.